The maximum Gasteiger partial charge on any atom is 0.189 e. The third-order valence-electron chi connectivity index (χ3n) is 2.64. The zero-order valence-corrected chi connectivity index (χ0v) is 10.3. The minimum Gasteiger partial charge on any atom is -0.409 e. The molecule has 0 fully saturated rings. The molecule has 1 aromatic carbocycles. The number of benzene rings is 1. The number of hydrogen-bond acceptors (Lipinski definition) is 4. The van der Waals surface area contributed by atoms with Gasteiger partial charge in [-0.1, -0.05) is 11.2 Å². The number of aromatic nitrogens is 1. The molecule has 0 amide bonds. The molecule has 0 aliphatic rings. The molecule has 0 unspecified atom stereocenters. The molecule has 5 nitrogen and oxygen atoms in total. The number of amidine groups is 1. The van der Waals surface area contributed by atoms with Crippen molar-refractivity contribution in [2.24, 2.45) is 10.9 Å². The summed E-state index contributed by atoms with van der Waals surface area (Å²) in [4.78, 5) is 3.99. The highest BCUT2D eigenvalue weighted by Crippen LogP contribution is 2.16. The summed E-state index contributed by atoms with van der Waals surface area (Å²) in [5, 5.41) is 14.4. The summed E-state index contributed by atoms with van der Waals surface area (Å²) in [6, 6.07) is 6.61. The van der Waals surface area contributed by atoms with Crippen LogP contribution in [0.2, 0.25) is 0 Å². The second kappa shape index (κ2) is 5.96. The van der Waals surface area contributed by atoms with E-state index in [0.717, 1.165) is 12.1 Å². The lowest BCUT2D eigenvalue weighted by atomic mass is 10.1. The van der Waals surface area contributed by atoms with E-state index < -0.39 is 11.6 Å². The summed E-state index contributed by atoms with van der Waals surface area (Å²) in [6.07, 6.45) is 1.50. The number of halogens is 2. The fourth-order valence-corrected chi connectivity index (χ4v) is 1.68. The number of oxime groups is 1. The van der Waals surface area contributed by atoms with E-state index >= 15 is 0 Å². The van der Waals surface area contributed by atoms with Gasteiger partial charge in [-0.2, -0.15) is 0 Å². The molecule has 0 aliphatic carbocycles. The van der Waals surface area contributed by atoms with Gasteiger partial charge in [0.2, 0.25) is 0 Å². The Morgan fingerprint density at radius 2 is 2.15 bits per heavy atom. The van der Waals surface area contributed by atoms with E-state index in [4.69, 9.17) is 10.9 Å². The van der Waals surface area contributed by atoms with Crippen LogP contribution in [0.3, 0.4) is 0 Å². The van der Waals surface area contributed by atoms with Crippen molar-refractivity contribution < 1.29 is 14.0 Å². The first-order chi connectivity index (χ1) is 9.61. The number of nitrogens with zero attached hydrogens (tertiary/aromatic N) is 2. The molecule has 0 spiro atoms. The van der Waals surface area contributed by atoms with Crippen molar-refractivity contribution in [3.63, 3.8) is 0 Å². The number of anilines is 1. The van der Waals surface area contributed by atoms with E-state index in [-0.39, 0.29) is 18.1 Å². The molecule has 0 saturated carbocycles. The summed E-state index contributed by atoms with van der Waals surface area (Å²) in [6.45, 7) is 0.196. The molecule has 2 rings (SSSR count). The molecule has 0 atom stereocenters. The highest BCUT2D eigenvalue weighted by Gasteiger charge is 2.09. The SMILES string of the molecule is NC(=NO)c1ncccc1CNc1ccc(F)cc1F. The normalized spacial score (nSPS) is 11.4. The summed E-state index contributed by atoms with van der Waals surface area (Å²) in [5.41, 5.74) is 6.57. The molecule has 4 N–H and O–H groups in total. The number of hydrogen-bond donors (Lipinski definition) is 3. The number of rotatable bonds is 4. The van der Waals surface area contributed by atoms with Crippen molar-refractivity contribution in [3.8, 4) is 0 Å². The smallest absolute Gasteiger partial charge is 0.189 e. The topological polar surface area (TPSA) is 83.5 Å². The van der Waals surface area contributed by atoms with Gasteiger partial charge in [0.05, 0.1) is 5.69 Å². The van der Waals surface area contributed by atoms with Gasteiger partial charge < -0.3 is 16.3 Å². The van der Waals surface area contributed by atoms with Crippen LogP contribution in [-0.2, 0) is 6.54 Å². The zero-order valence-electron chi connectivity index (χ0n) is 10.3. The van der Waals surface area contributed by atoms with E-state index in [0.29, 0.717) is 11.3 Å². The number of nitrogens with one attached hydrogen (secondary N) is 1. The maximum absolute atomic E-state index is 13.5. The van der Waals surface area contributed by atoms with Gasteiger partial charge in [0, 0.05) is 24.4 Å². The Morgan fingerprint density at radius 3 is 2.85 bits per heavy atom. The van der Waals surface area contributed by atoms with Crippen LogP contribution < -0.4 is 11.1 Å². The van der Waals surface area contributed by atoms with E-state index in [2.05, 4.69) is 15.5 Å². The molecule has 7 heteroatoms. The fourth-order valence-electron chi connectivity index (χ4n) is 1.68. The number of nitrogens with two attached hydrogens (primary N) is 1. The molecular formula is C13H12F2N4O. The summed E-state index contributed by atoms with van der Waals surface area (Å²) < 4.78 is 26.3. The van der Waals surface area contributed by atoms with Crippen LogP contribution in [0.1, 0.15) is 11.3 Å². The van der Waals surface area contributed by atoms with Crippen LogP contribution in [-0.4, -0.2) is 16.0 Å². The van der Waals surface area contributed by atoms with Crippen molar-refractivity contribution in [1.82, 2.24) is 4.98 Å². The second-order valence-corrected chi connectivity index (χ2v) is 3.97. The van der Waals surface area contributed by atoms with Gasteiger partial charge in [-0.15, -0.1) is 0 Å². The van der Waals surface area contributed by atoms with Crippen molar-refractivity contribution >= 4 is 11.5 Å². The van der Waals surface area contributed by atoms with Gasteiger partial charge in [-0.3, -0.25) is 4.98 Å². The quantitative estimate of drug-likeness (QED) is 0.346. The van der Waals surface area contributed by atoms with Gasteiger partial charge >= 0.3 is 0 Å². The van der Waals surface area contributed by atoms with E-state index in [1.807, 2.05) is 0 Å². The summed E-state index contributed by atoms with van der Waals surface area (Å²) >= 11 is 0. The van der Waals surface area contributed by atoms with Gasteiger partial charge in [0.1, 0.15) is 17.3 Å². The van der Waals surface area contributed by atoms with E-state index in [1.165, 1.54) is 12.3 Å². The van der Waals surface area contributed by atoms with E-state index in [1.54, 1.807) is 12.1 Å². The van der Waals surface area contributed by atoms with Crippen LogP contribution in [0.4, 0.5) is 14.5 Å². The van der Waals surface area contributed by atoms with Crippen molar-refractivity contribution in [3.05, 3.63) is 59.4 Å². The minimum atomic E-state index is -0.695. The Bertz CT molecular complexity index is 646. The van der Waals surface area contributed by atoms with Crippen LogP contribution in [0.5, 0.6) is 0 Å². The van der Waals surface area contributed by atoms with Crippen LogP contribution >= 0.6 is 0 Å². The summed E-state index contributed by atoms with van der Waals surface area (Å²) in [7, 11) is 0. The standard InChI is InChI=1S/C13H12F2N4O/c14-9-3-4-11(10(15)6-9)18-7-8-2-1-5-17-12(8)13(16)19-20/h1-6,18,20H,7H2,(H2,16,19). The molecule has 0 saturated heterocycles. The molecular weight excluding hydrogens is 266 g/mol. The average Bonchev–Trinajstić information content (AvgIpc) is 2.46. The zero-order chi connectivity index (χ0) is 14.5. The highest BCUT2D eigenvalue weighted by atomic mass is 19.1. The van der Waals surface area contributed by atoms with Gasteiger partial charge in [0.25, 0.3) is 0 Å². The first-order valence-corrected chi connectivity index (χ1v) is 5.72. The highest BCUT2D eigenvalue weighted by molar-refractivity contribution is 5.96. The second-order valence-electron chi connectivity index (χ2n) is 3.97. The Kier molecular flexibility index (Phi) is 4.09. The molecule has 0 aliphatic heterocycles. The number of pyridine rings is 1. The first kappa shape index (κ1) is 13.7. The van der Waals surface area contributed by atoms with Gasteiger partial charge in [-0.25, -0.2) is 8.78 Å². The molecule has 104 valence electrons. The molecule has 20 heavy (non-hydrogen) atoms. The first-order valence-electron chi connectivity index (χ1n) is 5.72. The minimum absolute atomic E-state index is 0.137. The molecule has 0 radical (unpaired) electrons. The van der Waals surface area contributed by atoms with Gasteiger partial charge in [-0.05, 0) is 18.2 Å². The lowest BCUT2D eigenvalue weighted by Crippen LogP contribution is -2.18. The average molecular weight is 278 g/mol. The predicted octanol–water partition coefficient (Wildman–Crippen LogP) is 2.07. The Balaban J connectivity index is 2.19. The van der Waals surface area contributed by atoms with E-state index in [9.17, 15) is 8.78 Å². The molecule has 1 aromatic heterocycles. The van der Waals surface area contributed by atoms with Crippen molar-refractivity contribution in [1.29, 1.82) is 0 Å². The monoisotopic (exact) mass is 278 g/mol. The Morgan fingerprint density at radius 1 is 1.35 bits per heavy atom. The van der Waals surface area contributed by atoms with Crippen molar-refractivity contribution in [2.75, 3.05) is 5.32 Å². The third kappa shape index (κ3) is 3.00. The largest absolute Gasteiger partial charge is 0.409 e. The van der Waals surface area contributed by atoms with Crippen molar-refractivity contribution in [2.45, 2.75) is 6.54 Å². The van der Waals surface area contributed by atoms with Crippen LogP contribution in [0.15, 0.2) is 41.7 Å². The Labute approximate surface area is 113 Å². The van der Waals surface area contributed by atoms with Crippen LogP contribution in [0, 0.1) is 11.6 Å². The predicted molar refractivity (Wildman–Crippen MR) is 70.4 cm³/mol. The lowest BCUT2D eigenvalue weighted by molar-refractivity contribution is 0.318. The van der Waals surface area contributed by atoms with Gasteiger partial charge in [0.15, 0.2) is 5.84 Å². The van der Waals surface area contributed by atoms with Crippen LogP contribution in [0.25, 0.3) is 0 Å². The molecule has 2 aromatic rings. The fraction of sp³-hybridized carbons (Fsp3) is 0.0769. The summed E-state index contributed by atoms with van der Waals surface area (Å²) in [5.74, 6) is -1.48. The maximum atomic E-state index is 13.5. The Hall–Kier alpha value is -2.70. The molecule has 1 heterocycles. The lowest BCUT2D eigenvalue weighted by Gasteiger charge is -2.10. The molecule has 0 bridgehead atoms. The third-order valence-corrected chi connectivity index (χ3v) is 2.64.